The van der Waals surface area contributed by atoms with E-state index in [1.165, 1.54) is 0 Å². The molecule has 6 nitrogen and oxygen atoms in total. The van der Waals surface area contributed by atoms with Crippen LogP contribution in [0.2, 0.25) is 0 Å². The summed E-state index contributed by atoms with van der Waals surface area (Å²) in [7, 11) is 0. The number of aliphatic hydroxyl groups excluding tert-OH is 1. The number of nitrogens with one attached hydrogen (secondary N) is 1. The van der Waals surface area contributed by atoms with Crippen molar-refractivity contribution in [1.29, 1.82) is 0 Å². The highest BCUT2D eigenvalue weighted by molar-refractivity contribution is 5.14. The molecule has 1 fully saturated rings. The lowest BCUT2D eigenvalue weighted by Crippen LogP contribution is -2.60. The molecule has 1 aliphatic heterocycles. The molecule has 0 aromatic heterocycles. The number of benzene rings is 2. The number of rotatable bonds is 8. The Hall–Kier alpha value is -1.80. The highest BCUT2D eigenvalue weighted by atomic mass is 16.6. The van der Waals surface area contributed by atoms with Gasteiger partial charge in [-0.2, -0.15) is 0 Å². The van der Waals surface area contributed by atoms with Crippen LogP contribution in [0.5, 0.6) is 0 Å². The minimum Gasteiger partial charge on any atom is -0.387 e. The first kappa shape index (κ1) is 19.9. The van der Waals surface area contributed by atoms with Gasteiger partial charge in [-0.05, 0) is 18.1 Å². The zero-order valence-corrected chi connectivity index (χ0v) is 15.4. The normalized spacial score (nSPS) is 28.2. The number of hydrogen-bond acceptors (Lipinski definition) is 6. The second-order valence-electron chi connectivity index (χ2n) is 6.75. The third-order valence-corrected chi connectivity index (χ3v) is 4.75. The van der Waals surface area contributed by atoms with Crippen molar-refractivity contribution in [2.24, 2.45) is 0 Å². The molecule has 2 aromatic rings. The molecule has 1 saturated heterocycles. The van der Waals surface area contributed by atoms with Crippen LogP contribution >= 0.6 is 0 Å². The highest BCUT2D eigenvalue weighted by Gasteiger charge is 2.44. The summed E-state index contributed by atoms with van der Waals surface area (Å²) >= 11 is 0. The third-order valence-electron chi connectivity index (χ3n) is 4.75. The van der Waals surface area contributed by atoms with Gasteiger partial charge in [0.15, 0.2) is 0 Å². The van der Waals surface area contributed by atoms with Gasteiger partial charge >= 0.3 is 0 Å². The van der Waals surface area contributed by atoms with Gasteiger partial charge in [0.1, 0.15) is 24.4 Å². The molecular formula is C21H27NO5. The molecule has 0 aliphatic carbocycles. The van der Waals surface area contributed by atoms with E-state index in [2.05, 4.69) is 5.48 Å². The van der Waals surface area contributed by atoms with Crippen LogP contribution in [-0.2, 0) is 27.4 Å². The maximum atomic E-state index is 10.9. The number of hydrogen-bond donors (Lipinski definition) is 3. The van der Waals surface area contributed by atoms with E-state index < -0.39 is 24.4 Å². The lowest BCUT2D eigenvalue weighted by molar-refractivity contribution is -0.248. The van der Waals surface area contributed by atoms with Crippen molar-refractivity contribution in [3.05, 3.63) is 71.8 Å². The van der Waals surface area contributed by atoms with Gasteiger partial charge in [0.2, 0.25) is 0 Å². The van der Waals surface area contributed by atoms with Gasteiger partial charge in [0.25, 0.3) is 0 Å². The van der Waals surface area contributed by atoms with E-state index in [1.54, 1.807) is 0 Å². The molecule has 6 heteroatoms. The molecule has 0 spiro atoms. The summed E-state index contributed by atoms with van der Waals surface area (Å²) in [6, 6.07) is 19.5. The second-order valence-corrected chi connectivity index (χ2v) is 6.75. The van der Waals surface area contributed by atoms with E-state index in [4.69, 9.17) is 19.4 Å². The van der Waals surface area contributed by atoms with Gasteiger partial charge in [-0.1, -0.05) is 60.7 Å². The Bertz CT molecular complexity index is 669. The van der Waals surface area contributed by atoms with E-state index in [0.717, 1.165) is 11.1 Å². The Morgan fingerprint density at radius 2 is 1.41 bits per heavy atom. The molecule has 0 amide bonds. The maximum absolute atomic E-state index is 10.9. The molecule has 1 heterocycles. The lowest BCUT2D eigenvalue weighted by Gasteiger charge is -2.43. The molecule has 3 rings (SSSR count). The minimum absolute atomic E-state index is 0.159. The third kappa shape index (κ3) is 5.35. The fourth-order valence-electron chi connectivity index (χ4n) is 3.34. The first-order chi connectivity index (χ1) is 13.2. The average molecular weight is 373 g/mol. The monoisotopic (exact) mass is 373 g/mol. The van der Waals surface area contributed by atoms with Gasteiger partial charge in [-0.3, -0.25) is 0 Å². The quantitative estimate of drug-likeness (QED) is 0.616. The van der Waals surface area contributed by atoms with Crippen molar-refractivity contribution in [3.63, 3.8) is 0 Å². The standard InChI is InChI=1S/C21H27NO5/c1-15-20(25-13-16-8-4-2-5-9-16)19(23)21(18(27-15)12-22-24)26-14-17-10-6-3-7-11-17/h2-11,15,18-24H,12-14H2,1H3. The molecule has 5 atom stereocenters. The van der Waals surface area contributed by atoms with E-state index in [9.17, 15) is 5.11 Å². The van der Waals surface area contributed by atoms with E-state index >= 15 is 0 Å². The number of ether oxygens (including phenoxy) is 3. The number of aliphatic hydroxyl groups is 1. The van der Waals surface area contributed by atoms with Gasteiger partial charge in [0.05, 0.1) is 19.3 Å². The first-order valence-electron chi connectivity index (χ1n) is 9.20. The van der Waals surface area contributed by atoms with Gasteiger partial charge in [-0.25, -0.2) is 5.48 Å². The van der Waals surface area contributed by atoms with E-state index in [-0.39, 0.29) is 12.6 Å². The predicted molar refractivity (Wildman–Crippen MR) is 100 cm³/mol. The smallest absolute Gasteiger partial charge is 0.114 e. The number of hydroxylamine groups is 1. The summed E-state index contributed by atoms with van der Waals surface area (Å²) in [6.07, 6.45) is -2.85. The summed E-state index contributed by atoms with van der Waals surface area (Å²) < 4.78 is 17.9. The molecule has 0 radical (unpaired) electrons. The van der Waals surface area contributed by atoms with Crippen LogP contribution in [0.1, 0.15) is 18.1 Å². The molecule has 0 saturated carbocycles. The molecule has 0 bridgehead atoms. The van der Waals surface area contributed by atoms with Crippen LogP contribution < -0.4 is 5.48 Å². The zero-order chi connectivity index (χ0) is 19.1. The fraction of sp³-hybridized carbons (Fsp3) is 0.429. The SMILES string of the molecule is CC1OC(CNO)C(OCc2ccccc2)C(O)C1OCc1ccccc1. The van der Waals surface area contributed by atoms with Crippen molar-refractivity contribution in [2.75, 3.05) is 6.54 Å². The van der Waals surface area contributed by atoms with Gasteiger partial charge in [-0.15, -0.1) is 0 Å². The minimum atomic E-state index is -0.875. The van der Waals surface area contributed by atoms with Crippen molar-refractivity contribution in [1.82, 2.24) is 5.48 Å². The Morgan fingerprint density at radius 1 is 0.889 bits per heavy atom. The van der Waals surface area contributed by atoms with Crippen LogP contribution in [0, 0.1) is 0 Å². The molecular weight excluding hydrogens is 346 g/mol. The van der Waals surface area contributed by atoms with E-state index in [1.807, 2.05) is 67.6 Å². The van der Waals surface area contributed by atoms with Crippen molar-refractivity contribution < 1.29 is 24.5 Å². The van der Waals surface area contributed by atoms with Crippen LogP contribution in [0.4, 0.5) is 0 Å². The largest absolute Gasteiger partial charge is 0.387 e. The topological polar surface area (TPSA) is 80.2 Å². The molecule has 27 heavy (non-hydrogen) atoms. The predicted octanol–water partition coefficient (Wildman–Crippen LogP) is 2.28. The van der Waals surface area contributed by atoms with Crippen LogP contribution in [0.15, 0.2) is 60.7 Å². The molecule has 1 aliphatic rings. The lowest BCUT2D eigenvalue weighted by atomic mass is 9.95. The summed E-state index contributed by atoms with van der Waals surface area (Å²) in [5.74, 6) is 0. The Morgan fingerprint density at radius 3 is 1.93 bits per heavy atom. The van der Waals surface area contributed by atoms with Crippen molar-refractivity contribution in [3.8, 4) is 0 Å². The van der Waals surface area contributed by atoms with Crippen molar-refractivity contribution >= 4 is 0 Å². The first-order valence-corrected chi connectivity index (χ1v) is 9.20. The Balaban J connectivity index is 1.66. The van der Waals surface area contributed by atoms with Crippen LogP contribution in [0.3, 0.4) is 0 Å². The molecule has 5 unspecified atom stereocenters. The fourth-order valence-corrected chi connectivity index (χ4v) is 3.34. The summed E-state index contributed by atoms with van der Waals surface area (Å²) in [6.45, 7) is 2.74. The maximum Gasteiger partial charge on any atom is 0.114 e. The Kier molecular flexibility index (Phi) is 7.34. The molecule has 146 valence electrons. The van der Waals surface area contributed by atoms with Gasteiger partial charge < -0.3 is 24.5 Å². The molecule has 2 aromatic carbocycles. The second kappa shape index (κ2) is 9.94. The summed E-state index contributed by atoms with van der Waals surface area (Å²) in [4.78, 5) is 0. The summed E-state index contributed by atoms with van der Waals surface area (Å²) in [5.41, 5.74) is 4.15. The van der Waals surface area contributed by atoms with Crippen LogP contribution in [0.25, 0.3) is 0 Å². The summed E-state index contributed by atoms with van der Waals surface area (Å²) in [5, 5.41) is 20.0. The van der Waals surface area contributed by atoms with Gasteiger partial charge in [0, 0.05) is 6.54 Å². The van der Waals surface area contributed by atoms with Crippen molar-refractivity contribution in [2.45, 2.75) is 50.7 Å². The zero-order valence-electron chi connectivity index (χ0n) is 15.4. The highest BCUT2D eigenvalue weighted by Crippen LogP contribution is 2.27. The molecule has 3 N–H and O–H groups in total. The van der Waals surface area contributed by atoms with Crippen LogP contribution in [-0.4, -0.2) is 47.4 Å². The Labute approximate surface area is 159 Å². The van der Waals surface area contributed by atoms with E-state index in [0.29, 0.717) is 13.2 Å². The average Bonchev–Trinajstić information content (AvgIpc) is 2.69.